The maximum Gasteiger partial charge on any atom is 0.416 e. The van der Waals surface area contributed by atoms with Gasteiger partial charge in [0.2, 0.25) is 5.88 Å². The molecule has 1 aromatic carbocycles. The van der Waals surface area contributed by atoms with E-state index in [0.717, 1.165) is 24.1 Å². The van der Waals surface area contributed by atoms with Gasteiger partial charge in [0.25, 0.3) is 0 Å². The summed E-state index contributed by atoms with van der Waals surface area (Å²) in [5, 5.41) is 6.83. The van der Waals surface area contributed by atoms with E-state index < -0.39 is 11.7 Å². The Balaban J connectivity index is 1.14. The molecule has 1 N–H and O–H groups in total. The lowest BCUT2D eigenvalue weighted by Crippen LogP contribution is -2.32. The van der Waals surface area contributed by atoms with Gasteiger partial charge in [-0.05, 0) is 36.8 Å². The molecule has 0 bridgehead atoms. The summed E-state index contributed by atoms with van der Waals surface area (Å²) in [5.41, 5.74) is 1.65. The van der Waals surface area contributed by atoms with E-state index in [9.17, 15) is 13.2 Å². The number of nitrogens with zero attached hydrogens (tertiary/aromatic N) is 4. The highest BCUT2D eigenvalue weighted by Crippen LogP contribution is 2.32. The van der Waals surface area contributed by atoms with Gasteiger partial charge in [0.15, 0.2) is 17.8 Å². The third-order valence-electron chi connectivity index (χ3n) is 6.19. The van der Waals surface area contributed by atoms with E-state index >= 15 is 0 Å². The van der Waals surface area contributed by atoms with Gasteiger partial charge in [-0.3, -0.25) is 10.1 Å². The van der Waals surface area contributed by atoms with Gasteiger partial charge in [-0.15, -0.1) is 0 Å². The fourth-order valence-corrected chi connectivity index (χ4v) is 4.35. The molecular formula is C25H20F3N5O3. The maximum absolute atomic E-state index is 13.0. The minimum Gasteiger partial charge on any atom is -0.469 e. The summed E-state index contributed by atoms with van der Waals surface area (Å²) >= 11 is 0. The SMILES string of the molecule is FC(F)(F)c1cccc(-c2nc(-c3ccc(-c4ccc(O[C@H]5CO[C@@H]6CCO[C@H]56)nc4)nc3)n[nH]2)c1. The van der Waals surface area contributed by atoms with Crippen molar-refractivity contribution < 1.29 is 27.4 Å². The Morgan fingerprint density at radius 1 is 0.944 bits per heavy atom. The van der Waals surface area contributed by atoms with Crippen LogP contribution >= 0.6 is 0 Å². The first kappa shape index (κ1) is 22.6. The van der Waals surface area contributed by atoms with Crippen molar-refractivity contribution in [2.24, 2.45) is 0 Å². The molecule has 184 valence electrons. The highest BCUT2D eigenvalue weighted by Gasteiger charge is 2.43. The number of pyridine rings is 2. The van der Waals surface area contributed by atoms with Crippen LogP contribution in [0, 0.1) is 0 Å². The quantitative estimate of drug-likeness (QED) is 0.434. The van der Waals surface area contributed by atoms with Gasteiger partial charge in [-0.2, -0.15) is 18.3 Å². The van der Waals surface area contributed by atoms with Gasteiger partial charge in [-0.1, -0.05) is 12.1 Å². The van der Waals surface area contributed by atoms with Crippen LogP contribution in [0.15, 0.2) is 60.9 Å². The van der Waals surface area contributed by atoms with Crippen molar-refractivity contribution in [2.45, 2.75) is 30.9 Å². The summed E-state index contributed by atoms with van der Waals surface area (Å²) in [6.45, 7) is 1.17. The van der Waals surface area contributed by atoms with E-state index in [4.69, 9.17) is 14.2 Å². The van der Waals surface area contributed by atoms with E-state index in [0.29, 0.717) is 41.7 Å². The second kappa shape index (κ2) is 8.99. The van der Waals surface area contributed by atoms with E-state index in [2.05, 4.69) is 25.1 Å². The zero-order valence-electron chi connectivity index (χ0n) is 18.8. The molecular weight excluding hydrogens is 475 g/mol. The Hall–Kier alpha value is -3.83. The van der Waals surface area contributed by atoms with Gasteiger partial charge in [0.1, 0.15) is 6.10 Å². The van der Waals surface area contributed by atoms with Crippen LogP contribution in [0.25, 0.3) is 34.0 Å². The van der Waals surface area contributed by atoms with Crippen molar-refractivity contribution in [3.63, 3.8) is 0 Å². The Morgan fingerprint density at radius 3 is 2.58 bits per heavy atom. The van der Waals surface area contributed by atoms with Gasteiger partial charge >= 0.3 is 6.18 Å². The number of nitrogens with one attached hydrogen (secondary N) is 1. The number of rotatable bonds is 5. The molecule has 0 unspecified atom stereocenters. The average Bonchev–Trinajstić information content (AvgIpc) is 3.64. The third kappa shape index (κ3) is 4.42. The van der Waals surface area contributed by atoms with Crippen molar-refractivity contribution in [1.82, 2.24) is 25.1 Å². The molecule has 4 aromatic rings. The van der Waals surface area contributed by atoms with Crippen LogP contribution in [0.3, 0.4) is 0 Å². The lowest BCUT2D eigenvalue weighted by Gasteiger charge is -2.17. The van der Waals surface area contributed by atoms with E-state index in [-0.39, 0.29) is 24.1 Å². The summed E-state index contributed by atoms with van der Waals surface area (Å²) in [6, 6.07) is 12.2. The number of aromatic amines is 1. The Morgan fingerprint density at radius 2 is 1.81 bits per heavy atom. The summed E-state index contributed by atoms with van der Waals surface area (Å²) < 4.78 is 56.4. The number of alkyl halides is 3. The molecule has 0 saturated carbocycles. The van der Waals surface area contributed by atoms with Crippen LogP contribution in [0.1, 0.15) is 12.0 Å². The lowest BCUT2D eigenvalue weighted by atomic mass is 10.1. The van der Waals surface area contributed by atoms with Crippen LogP contribution in [-0.2, 0) is 15.7 Å². The highest BCUT2D eigenvalue weighted by atomic mass is 19.4. The van der Waals surface area contributed by atoms with Gasteiger partial charge in [0.05, 0.1) is 24.0 Å². The lowest BCUT2D eigenvalue weighted by molar-refractivity contribution is -0.137. The van der Waals surface area contributed by atoms with Crippen molar-refractivity contribution in [1.29, 1.82) is 0 Å². The van der Waals surface area contributed by atoms with E-state index in [1.165, 1.54) is 6.07 Å². The standard InChI is InChI=1S/C25H20F3N5O3/c26-25(27,28)17-3-1-2-14(10-17)23-31-24(33-32-23)16-4-6-18(29-12-16)15-5-7-21(30-11-15)36-20-13-35-19-8-9-34-22(19)20/h1-7,10-12,19-20,22H,8-9,13H2,(H,31,32,33)/t19-,20+,22+/m1/s1. The monoisotopic (exact) mass is 495 g/mol. The summed E-state index contributed by atoms with van der Waals surface area (Å²) in [4.78, 5) is 13.2. The first-order chi connectivity index (χ1) is 17.4. The average molecular weight is 495 g/mol. The minimum absolute atomic E-state index is 0.0505. The number of fused-ring (bicyclic) bond motifs is 1. The molecule has 0 spiro atoms. The van der Waals surface area contributed by atoms with E-state index in [1.54, 1.807) is 36.7 Å². The van der Waals surface area contributed by atoms with Crippen LogP contribution < -0.4 is 4.74 Å². The molecule has 0 amide bonds. The van der Waals surface area contributed by atoms with Crippen molar-refractivity contribution >= 4 is 0 Å². The molecule has 2 aliphatic heterocycles. The van der Waals surface area contributed by atoms with E-state index in [1.807, 2.05) is 6.07 Å². The molecule has 2 aliphatic rings. The first-order valence-corrected chi connectivity index (χ1v) is 11.4. The van der Waals surface area contributed by atoms with Crippen LogP contribution in [0.2, 0.25) is 0 Å². The number of benzene rings is 1. The molecule has 8 nitrogen and oxygen atoms in total. The molecule has 5 heterocycles. The largest absolute Gasteiger partial charge is 0.469 e. The number of hydrogen-bond donors (Lipinski definition) is 1. The number of H-pyrrole nitrogens is 1. The highest BCUT2D eigenvalue weighted by molar-refractivity contribution is 5.64. The number of ether oxygens (including phenoxy) is 3. The third-order valence-corrected chi connectivity index (χ3v) is 6.19. The van der Waals surface area contributed by atoms with Crippen molar-refractivity contribution in [3.05, 3.63) is 66.5 Å². The summed E-state index contributed by atoms with van der Waals surface area (Å²) in [7, 11) is 0. The smallest absolute Gasteiger partial charge is 0.416 e. The molecule has 0 aliphatic carbocycles. The number of hydrogen-bond acceptors (Lipinski definition) is 7. The molecule has 2 saturated heterocycles. The normalized spacial score (nSPS) is 21.5. The van der Waals surface area contributed by atoms with Crippen LogP contribution in [0.4, 0.5) is 13.2 Å². The zero-order valence-corrected chi connectivity index (χ0v) is 18.8. The Labute approximate surface area is 203 Å². The fourth-order valence-electron chi connectivity index (χ4n) is 4.35. The van der Waals surface area contributed by atoms with Crippen molar-refractivity contribution in [3.8, 4) is 39.9 Å². The molecule has 3 atom stereocenters. The number of halogens is 3. The van der Waals surface area contributed by atoms with Crippen molar-refractivity contribution in [2.75, 3.05) is 13.2 Å². The second-order valence-electron chi connectivity index (χ2n) is 8.56. The molecule has 11 heteroatoms. The Bertz CT molecular complexity index is 1360. The Kier molecular flexibility index (Phi) is 5.65. The first-order valence-electron chi connectivity index (χ1n) is 11.4. The molecule has 3 aromatic heterocycles. The molecule has 6 rings (SSSR count). The maximum atomic E-state index is 13.0. The fraction of sp³-hybridized carbons (Fsp3) is 0.280. The number of aromatic nitrogens is 5. The summed E-state index contributed by atoms with van der Waals surface area (Å²) in [5.74, 6) is 1.06. The molecule has 2 fully saturated rings. The molecule has 0 radical (unpaired) electrons. The summed E-state index contributed by atoms with van der Waals surface area (Å²) in [6.07, 6.45) is -0.386. The zero-order chi connectivity index (χ0) is 24.7. The van der Waals surface area contributed by atoms with Crippen LogP contribution in [-0.4, -0.2) is 56.7 Å². The molecule has 36 heavy (non-hydrogen) atoms. The predicted octanol–water partition coefficient (Wildman–Crippen LogP) is 4.55. The second-order valence-corrected chi connectivity index (χ2v) is 8.56. The predicted molar refractivity (Wildman–Crippen MR) is 122 cm³/mol. The van der Waals surface area contributed by atoms with Crippen LogP contribution in [0.5, 0.6) is 5.88 Å². The van der Waals surface area contributed by atoms with Gasteiger partial charge < -0.3 is 14.2 Å². The van der Waals surface area contributed by atoms with Gasteiger partial charge in [0, 0.05) is 41.8 Å². The van der Waals surface area contributed by atoms with Gasteiger partial charge in [-0.25, -0.2) is 9.97 Å². The topological polar surface area (TPSA) is 95.0 Å². The minimum atomic E-state index is -4.43.